The van der Waals surface area contributed by atoms with Crippen LogP contribution in [0.5, 0.6) is 5.75 Å². The molecule has 1 aromatic rings. The van der Waals surface area contributed by atoms with E-state index < -0.39 is 0 Å². The standard InChI is InChI=1S/C11H15BrO/c1-4-5-9-8(3)11(13)7(2)6-10(9)12/h6,13H,4-5H2,1-3H3. The number of hydrogen-bond donors (Lipinski definition) is 1. The molecule has 0 heterocycles. The minimum Gasteiger partial charge on any atom is -0.507 e. The molecule has 1 nitrogen and oxygen atoms in total. The number of aromatic hydroxyl groups is 1. The summed E-state index contributed by atoms with van der Waals surface area (Å²) < 4.78 is 1.11. The van der Waals surface area contributed by atoms with Crippen LogP contribution in [0.15, 0.2) is 10.5 Å². The van der Waals surface area contributed by atoms with Gasteiger partial charge in [0, 0.05) is 4.47 Å². The molecule has 0 aliphatic carbocycles. The van der Waals surface area contributed by atoms with Crippen molar-refractivity contribution in [3.05, 3.63) is 27.2 Å². The summed E-state index contributed by atoms with van der Waals surface area (Å²) in [6, 6.07) is 1.98. The van der Waals surface area contributed by atoms with E-state index in [0.29, 0.717) is 5.75 Å². The van der Waals surface area contributed by atoms with Gasteiger partial charge in [-0.05, 0) is 43.0 Å². The second-order valence-electron chi connectivity index (χ2n) is 3.38. The van der Waals surface area contributed by atoms with Gasteiger partial charge in [-0.15, -0.1) is 0 Å². The highest BCUT2D eigenvalue weighted by atomic mass is 79.9. The molecule has 1 N–H and O–H groups in total. The lowest BCUT2D eigenvalue weighted by Gasteiger charge is -2.11. The van der Waals surface area contributed by atoms with Crippen LogP contribution in [0.1, 0.15) is 30.0 Å². The normalized spacial score (nSPS) is 10.5. The van der Waals surface area contributed by atoms with Gasteiger partial charge < -0.3 is 5.11 Å². The van der Waals surface area contributed by atoms with Gasteiger partial charge in [0.1, 0.15) is 5.75 Å². The van der Waals surface area contributed by atoms with Crippen LogP contribution in [0, 0.1) is 13.8 Å². The molecule has 0 radical (unpaired) electrons. The molecule has 0 fully saturated rings. The summed E-state index contributed by atoms with van der Waals surface area (Å²) in [5.74, 6) is 0.437. The smallest absolute Gasteiger partial charge is 0.121 e. The van der Waals surface area contributed by atoms with Gasteiger partial charge in [0.15, 0.2) is 0 Å². The Morgan fingerprint density at radius 2 is 2.00 bits per heavy atom. The fraction of sp³-hybridized carbons (Fsp3) is 0.455. The molecule has 0 atom stereocenters. The van der Waals surface area contributed by atoms with Crippen molar-refractivity contribution in [2.75, 3.05) is 0 Å². The summed E-state index contributed by atoms with van der Waals surface area (Å²) >= 11 is 3.52. The van der Waals surface area contributed by atoms with E-state index in [1.165, 1.54) is 5.56 Å². The zero-order valence-corrected chi connectivity index (χ0v) is 9.90. The lowest BCUT2D eigenvalue weighted by atomic mass is 10.0. The Morgan fingerprint density at radius 3 is 2.54 bits per heavy atom. The van der Waals surface area contributed by atoms with Crippen LogP contribution in [-0.2, 0) is 6.42 Å². The molecule has 1 rings (SSSR count). The second kappa shape index (κ2) is 4.14. The van der Waals surface area contributed by atoms with Crippen LogP contribution in [-0.4, -0.2) is 5.11 Å². The van der Waals surface area contributed by atoms with Gasteiger partial charge in [-0.2, -0.15) is 0 Å². The lowest BCUT2D eigenvalue weighted by Crippen LogP contribution is -1.93. The van der Waals surface area contributed by atoms with Gasteiger partial charge in [0.2, 0.25) is 0 Å². The molecular formula is C11H15BrO. The van der Waals surface area contributed by atoms with E-state index in [9.17, 15) is 5.11 Å². The fourth-order valence-electron chi connectivity index (χ4n) is 1.52. The third-order valence-corrected chi connectivity index (χ3v) is 3.02. The molecule has 0 aliphatic heterocycles. The number of phenols is 1. The monoisotopic (exact) mass is 242 g/mol. The first kappa shape index (κ1) is 10.6. The number of aryl methyl sites for hydroxylation is 1. The summed E-state index contributed by atoms with van der Waals surface area (Å²) in [5, 5.41) is 9.72. The van der Waals surface area contributed by atoms with Crippen LogP contribution in [0.25, 0.3) is 0 Å². The van der Waals surface area contributed by atoms with E-state index in [1.807, 2.05) is 19.9 Å². The highest BCUT2D eigenvalue weighted by molar-refractivity contribution is 9.10. The molecule has 13 heavy (non-hydrogen) atoms. The first-order valence-electron chi connectivity index (χ1n) is 4.55. The van der Waals surface area contributed by atoms with Crippen molar-refractivity contribution in [3.8, 4) is 5.75 Å². The van der Waals surface area contributed by atoms with Gasteiger partial charge in [-0.1, -0.05) is 29.3 Å². The van der Waals surface area contributed by atoms with E-state index in [4.69, 9.17) is 0 Å². The summed E-state index contributed by atoms with van der Waals surface area (Å²) in [4.78, 5) is 0. The maximum Gasteiger partial charge on any atom is 0.121 e. The van der Waals surface area contributed by atoms with Crippen LogP contribution < -0.4 is 0 Å². The predicted octanol–water partition coefficient (Wildman–Crippen LogP) is 3.72. The Kier molecular flexibility index (Phi) is 3.37. The Balaban J connectivity index is 3.26. The van der Waals surface area contributed by atoms with Crippen molar-refractivity contribution in [3.63, 3.8) is 0 Å². The zero-order chi connectivity index (χ0) is 10.0. The van der Waals surface area contributed by atoms with E-state index in [0.717, 1.165) is 28.4 Å². The van der Waals surface area contributed by atoms with Crippen molar-refractivity contribution in [2.45, 2.75) is 33.6 Å². The third kappa shape index (κ3) is 2.05. The van der Waals surface area contributed by atoms with Gasteiger partial charge in [0.05, 0.1) is 0 Å². The molecule has 0 saturated carbocycles. The Morgan fingerprint density at radius 1 is 1.38 bits per heavy atom. The molecule has 0 spiro atoms. The van der Waals surface area contributed by atoms with Crippen LogP contribution in [0.3, 0.4) is 0 Å². The summed E-state index contributed by atoms with van der Waals surface area (Å²) in [6.07, 6.45) is 2.11. The number of benzene rings is 1. The van der Waals surface area contributed by atoms with E-state index in [1.54, 1.807) is 0 Å². The minimum absolute atomic E-state index is 0.437. The highest BCUT2D eigenvalue weighted by Crippen LogP contribution is 2.31. The molecule has 0 amide bonds. The van der Waals surface area contributed by atoms with Crippen LogP contribution in [0.4, 0.5) is 0 Å². The quantitative estimate of drug-likeness (QED) is 0.839. The maximum absolute atomic E-state index is 9.72. The molecule has 0 aliphatic rings. The van der Waals surface area contributed by atoms with Crippen LogP contribution in [0.2, 0.25) is 0 Å². The highest BCUT2D eigenvalue weighted by Gasteiger charge is 2.09. The fourth-order valence-corrected chi connectivity index (χ4v) is 2.36. The van der Waals surface area contributed by atoms with Gasteiger partial charge in [0.25, 0.3) is 0 Å². The Bertz CT molecular complexity index is 318. The third-order valence-electron chi connectivity index (χ3n) is 2.31. The summed E-state index contributed by atoms with van der Waals surface area (Å²) in [7, 11) is 0. The van der Waals surface area contributed by atoms with Gasteiger partial charge in [-0.25, -0.2) is 0 Å². The molecule has 0 unspecified atom stereocenters. The van der Waals surface area contributed by atoms with Crippen molar-refractivity contribution >= 4 is 15.9 Å². The molecule has 72 valence electrons. The Hall–Kier alpha value is -0.500. The van der Waals surface area contributed by atoms with Crippen molar-refractivity contribution < 1.29 is 5.11 Å². The molecule has 0 bridgehead atoms. The van der Waals surface area contributed by atoms with E-state index in [-0.39, 0.29) is 0 Å². The van der Waals surface area contributed by atoms with Crippen molar-refractivity contribution in [2.24, 2.45) is 0 Å². The zero-order valence-electron chi connectivity index (χ0n) is 8.32. The Labute approximate surface area is 87.9 Å². The second-order valence-corrected chi connectivity index (χ2v) is 4.23. The average Bonchev–Trinajstić information content (AvgIpc) is 2.09. The lowest BCUT2D eigenvalue weighted by molar-refractivity contribution is 0.465. The van der Waals surface area contributed by atoms with E-state index >= 15 is 0 Å². The molecule has 2 heteroatoms. The number of hydrogen-bond acceptors (Lipinski definition) is 1. The predicted molar refractivity (Wildman–Crippen MR) is 59.3 cm³/mol. The van der Waals surface area contributed by atoms with Gasteiger partial charge in [-0.3, -0.25) is 0 Å². The average molecular weight is 243 g/mol. The first-order chi connectivity index (χ1) is 6.07. The van der Waals surface area contributed by atoms with Crippen molar-refractivity contribution in [1.82, 2.24) is 0 Å². The van der Waals surface area contributed by atoms with E-state index in [2.05, 4.69) is 22.9 Å². The van der Waals surface area contributed by atoms with Crippen molar-refractivity contribution in [1.29, 1.82) is 0 Å². The molecule has 0 saturated heterocycles. The number of rotatable bonds is 2. The summed E-state index contributed by atoms with van der Waals surface area (Å²) in [6.45, 7) is 6.03. The van der Waals surface area contributed by atoms with Gasteiger partial charge >= 0.3 is 0 Å². The minimum atomic E-state index is 0.437. The maximum atomic E-state index is 9.72. The molecular weight excluding hydrogens is 228 g/mol. The number of halogens is 1. The molecule has 0 aromatic heterocycles. The molecule has 1 aromatic carbocycles. The topological polar surface area (TPSA) is 20.2 Å². The SMILES string of the molecule is CCCc1c(Br)cc(C)c(O)c1C. The van der Waals surface area contributed by atoms with Crippen LogP contribution >= 0.6 is 15.9 Å². The largest absolute Gasteiger partial charge is 0.507 e. The summed E-state index contributed by atoms with van der Waals surface area (Å²) in [5.41, 5.74) is 3.17. The first-order valence-corrected chi connectivity index (χ1v) is 5.34. The number of phenolic OH excluding ortho intramolecular Hbond substituents is 1.